The van der Waals surface area contributed by atoms with Crippen LogP contribution in [0.15, 0.2) is 53.1 Å². The van der Waals surface area contributed by atoms with E-state index < -0.39 is 5.41 Å². The van der Waals surface area contributed by atoms with E-state index in [0.29, 0.717) is 35.1 Å². The van der Waals surface area contributed by atoms with E-state index in [9.17, 15) is 9.59 Å². The van der Waals surface area contributed by atoms with Gasteiger partial charge in [0.25, 0.3) is 5.91 Å². The first kappa shape index (κ1) is 22.1. The number of carbonyl (C=O) groups excluding carboxylic acids is 2. The largest absolute Gasteiger partial charge is 0.489 e. The molecule has 0 fully saturated rings. The van der Waals surface area contributed by atoms with Gasteiger partial charge in [0.2, 0.25) is 5.91 Å². The van der Waals surface area contributed by atoms with Crippen LogP contribution < -0.4 is 15.4 Å². The lowest BCUT2D eigenvalue weighted by atomic mass is 9.95. The Hall–Kier alpha value is -3.61. The smallest absolute Gasteiger partial charge is 0.255 e. The average Bonchev–Trinajstić information content (AvgIpc) is 3.03. The summed E-state index contributed by atoms with van der Waals surface area (Å²) in [4.78, 5) is 24.9. The molecule has 0 unspecified atom stereocenters. The van der Waals surface area contributed by atoms with Crippen molar-refractivity contribution in [2.24, 2.45) is 5.41 Å². The molecule has 31 heavy (non-hydrogen) atoms. The summed E-state index contributed by atoms with van der Waals surface area (Å²) in [5.41, 5.74) is 2.82. The SMILES string of the molecule is Cc1noc(C)c1COc1cccc(C(=O)Nc2cccc(NC(=O)C(C)(C)C)c2)c1. The zero-order valence-corrected chi connectivity index (χ0v) is 18.4. The monoisotopic (exact) mass is 421 g/mol. The lowest BCUT2D eigenvalue weighted by Crippen LogP contribution is -2.27. The van der Waals surface area contributed by atoms with Crippen LogP contribution in [0.4, 0.5) is 11.4 Å². The van der Waals surface area contributed by atoms with Gasteiger partial charge in [0.05, 0.1) is 11.3 Å². The first-order valence-electron chi connectivity index (χ1n) is 10.0. The van der Waals surface area contributed by atoms with Gasteiger partial charge in [-0.3, -0.25) is 9.59 Å². The third kappa shape index (κ3) is 5.72. The highest BCUT2D eigenvalue weighted by molar-refractivity contribution is 6.05. The molecule has 0 saturated heterocycles. The quantitative estimate of drug-likeness (QED) is 0.577. The van der Waals surface area contributed by atoms with Gasteiger partial charge < -0.3 is 19.9 Å². The van der Waals surface area contributed by atoms with E-state index in [4.69, 9.17) is 9.26 Å². The first-order chi connectivity index (χ1) is 14.6. The summed E-state index contributed by atoms with van der Waals surface area (Å²) in [5.74, 6) is 0.907. The lowest BCUT2D eigenvalue weighted by Gasteiger charge is -2.18. The minimum absolute atomic E-state index is 0.0980. The van der Waals surface area contributed by atoms with Crippen LogP contribution in [0.3, 0.4) is 0 Å². The predicted octanol–water partition coefficient (Wildman–Crippen LogP) is 5.11. The van der Waals surface area contributed by atoms with Crippen molar-refractivity contribution in [1.82, 2.24) is 5.16 Å². The summed E-state index contributed by atoms with van der Waals surface area (Å²) in [5, 5.41) is 9.63. The molecule has 0 atom stereocenters. The van der Waals surface area contributed by atoms with E-state index in [1.165, 1.54) is 0 Å². The standard InChI is InChI=1S/C24H27N3O4/c1-15-21(16(2)31-27-15)14-30-20-11-6-8-17(12-20)22(28)25-18-9-7-10-19(13-18)26-23(29)24(3,4)5/h6-13H,14H2,1-5H3,(H,25,28)(H,26,29). The number of anilines is 2. The minimum Gasteiger partial charge on any atom is -0.489 e. The number of benzene rings is 2. The second-order valence-corrected chi connectivity index (χ2v) is 8.36. The third-order valence-electron chi connectivity index (χ3n) is 4.72. The number of ether oxygens (including phenoxy) is 1. The van der Waals surface area contributed by atoms with Gasteiger partial charge in [-0.15, -0.1) is 0 Å². The number of hydrogen-bond donors (Lipinski definition) is 2. The molecule has 0 saturated carbocycles. The van der Waals surface area contributed by atoms with Crippen LogP contribution in [0.25, 0.3) is 0 Å². The maximum Gasteiger partial charge on any atom is 0.255 e. The van der Waals surface area contributed by atoms with Crippen molar-refractivity contribution in [2.45, 2.75) is 41.2 Å². The molecule has 2 aromatic carbocycles. The molecule has 0 spiro atoms. The van der Waals surface area contributed by atoms with Gasteiger partial charge in [-0.25, -0.2) is 0 Å². The Morgan fingerprint density at radius 3 is 2.32 bits per heavy atom. The van der Waals surface area contributed by atoms with E-state index in [0.717, 1.165) is 11.3 Å². The molecule has 1 heterocycles. The molecule has 7 heteroatoms. The molecular weight excluding hydrogens is 394 g/mol. The zero-order chi connectivity index (χ0) is 22.6. The van der Waals surface area contributed by atoms with E-state index in [-0.39, 0.29) is 11.8 Å². The van der Waals surface area contributed by atoms with Gasteiger partial charge in [-0.2, -0.15) is 0 Å². The molecule has 2 N–H and O–H groups in total. The van der Waals surface area contributed by atoms with Crippen molar-refractivity contribution in [3.05, 3.63) is 71.1 Å². The van der Waals surface area contributed by atoms with Crippen molar-refractivity contribution in [3.8, 4) is 5.75 Å². The topological polar surface area (TPSA) is 93.5 Å². The van der Waals surface area contributed by atoms with Crippen LogP contribution in [-0.2, 0) is 11.4 Å². The third-order valence-corrected chi connectivity index (χ3v) is 4.72. The Morgan fingerprint density at radius 2 is 1.68 bits per heavy atom. The molecule has 0 radical (unpaired) electrons. The number of aromatic nitrogens is 1. The highest BCUT2D eigenvalue weighted by Gasteiger charge is 2.21. The Bertz CT molecular complexity index is 1080. The van der Waals surface area contributed by atoms with Crippen LogP contribution in [0, 0.1) is 19.3 Å². The van der Waals surface area contributed by atoms with Crippen molar-refractivity contribution in [2.75, 3.05) is 10.6 Å². The lowest BCUT2D eigenvalue weighted by molar-refractivity contribution is -0.123. The molecule has 0 bridgehead atoms. The van der Waals surface area contributed by atoms with Gasteiger partial charge in [-0.05, 0) is 50.2 Å². The van der Waals surface area contributed by atoms with Crippen LogP contribution in [-0.4, -0.2) is 17.0 Å². The minimum atomic E-state index is -0.511. The van der Waals surface area contributed by atoms with Crippen molar-refractivity contribution in [3.63, 3.8) is 0 Å². The van der Waals surface area contributed by atoms with E-state index in [1.807, 2.05) is 34.6 Å². The molecule has 1 aromatic heterocycles. The van der Waals surface area contributed by atoms with Crippen molar-refractivity contribution >= 4 is 23.2 Å². The van der Waals surface area contributed by atoms with E-state index >= 15 is 0 Å². The van der Waals surface area contributed by atoms with Gasteiger partial charge in [0, 0.05) is 22.4 Å². The molecule has 0 aliphatic rings. The van der Waals surface area contributed by atoms with Gasteiger partial charge in [0.15, 0.2) is 0 Å². The normalized spacial score (nSPS) is 11.1. The van der Waals surface area contributed by atoms with E-state index in [2.05, 4.69) is 15.8 Å². The Labute approximate surface area is 181 Å². The fourth-order valence-electron chi connectivity index (χ4n) is 2.79. The highest BCUT2D eigenvalue weighted by atomic mass is 16.5. The Kier molecular flexibility index (Phi) is 6.44. The number of hydrogen-bond acceptors (Lipinski definition) is 5. The summed E-state index contributed by atoms with van der Waals surface area (Å²) in [6, 6.07) is 14.0. The van der Waals surface area contributed by atoms with Crippen LogP contribution >= 0.6 is 0 Å². The van der Waals surface area contributed by atoms with E-state index in [1.54, 1.807) is 48.5 Å². The number of nitrogens with zero attached hydrogens (tertiary/aromatic N) is 1. The molecule has 0 aliphatic carbocycles. The summed E-state index contributed by atoms with van der Waals surface area (Å²) in [6.07, 6.45) is 0. The summed E-state index contributed by atoms with van der Waals surface area (Å²) in [6.45, 7) is 9.53. The molecule has 2 amide bonds. The Balaban J connectivity index is 1.66. The summed E-state index contributed by atoms with van der Waals surface area (Å²) < 4.78 is 11.0. The second-order valence-electron chi connectivity index (χ2n) is 8.36. The Morgan fingerprint density at radius 1 is 1.00 bits per heavy atom. The molecule has 3 rings (SSSR count). The predicted molar refractivity (Wildman–Crippen MR) is 119 cm³/mol. The molecule has 7 nitrogen and oxygen atoms in total. The van der Waals surface area contributed by atoms with Crippen molar-refractivity contribution in [1.29, 1.82) is 0 Å². The zero-order valence-electron chi connectivity index (χ0n) is 18.4. The maximum atomic E-state index is 12.7. The first-order valence-corrected chi connectivity index (χ1v) is 10.0. The molecule has 162 valence electrons. The van der Waals surface area contributed by atoms with Gasteiger partial charge >= 0.3 is 0 Å². The van der Waals surface area contributed by atoms with Crippen LogP contribution in [0.5, 0.6) is 5.75 Å². The average molecular weight is 421 g/mol. The molecule has 0 aliphatic heterocycles. The second kappa shape index (κ2) is 9.04. The fourth-order valence-corrected chi connectivity index (χ4v) is 2.79. The van der Waals surface area contributed by atoms with Crippen LogP contribution in [0.1, 0.15) is 48.1 Å². The molecule has 3 aromatic rings. The number of amides is 2. The fraction of sp³-hybridized carbons (Fsp3) is 0.292. The number of nitrogens with one attached hydrogen (secondary N) is 2. The summed E-state index contributed by atoms with van der Waals surface area (Å²) in [7, 11) is 0. The molecular formula is C24H27N3O4. The highest BCUT2D eigenvalue weighted by Crippen LogP contribution is 2.22. The number of aryl methyl sites for hydroxylation is 2. The van der Waals surface area contributed by atoms with Crippen molar-refractivity contribution < 1.29 is 18.8 Å². The summed E-state index contributed by atoms with van der Waals surface area (Å²) >= 11 is 0. The number of carbonyl (C=O) groups is 2. The number of rotatable bonds is 6. The van der Waals surface area contributed by atoms with Crippen LogP contribution in [0.2, 0.25) is 0 Å². The maximum absolute atomic E-state index is 12.7. The van der Waals surface area contributed by atoms with Gasteiger partial charge in [-0.1, -0.05) is 38.1 Å². The van der Waals surface area contributed by atoms with Gasteiger partial charge in [0.1, 0.15) is 18.1 Å².